The smallest absolute Gasteiger partial charge is 0.261 e. The molecule has 1 fully saturated rings. The molecule has 0 saturated carbocycles. The molecule has 1 saturated heterocycles. The van der Waals surface area contributed by atoms with Gasteiger partial charge in [0.05, 0.1) is 52.4 Å². The van der Waals surface area contributed by atoms with E-state index in [2.05, 4.69) is 33.5 Å². The molecule has 7 rings (SSSR count). The number of nitrogens with one attached hydrogen (secondary N) is 1. The summed E-state index contributed by atoms with van der Waals surface area (Å²) in [6, 6.07) is 22.0. The Hall–Kier alpha value is -6.14. The lowest BCUT2D eigenvalue weighted by Gasteiger charge is -2.32. The summed E-state index contributed by atoms with van der Waals surface area (Å²) in [5, 5.41) is 9.87. The molecule has 69 heavy (non-hydrogen) atoms. The van der Waals surface area contributed by atoms with E-state index in [1.54, 1.807) is 18.9 Å². The molecule has 0 bridgehead atoms. The zero-order valence-corrected chi connectivity index (χ0v) is 41.0. The van der Waals surface area contributed by atoms with Gasteiger partial charge in [-0.15, -0.1) is 15.8 Å². The lowest BCUT2D eigenvalue weighted by molar-refractivity contribution is -0.755. The van der Waals surface area contributed by atoms with Crippen molar-refractivity contribution in [2.75, 3.05) is 71.9 Å². The Balaban J connectivity index is 0.731. The van der Waals surface area contributed by atoms with Crippen LogP contribution in [0.3, 0.4) is 0 Å². The number of morpholine rings is 1. The third-order valence-electron chi connectivity index (χ3n) is 12.9. The molecule has 0 unspecified atom stereocenters. The predicted molar refractivity (Wildman–Crippen MR) is 267 cm³/mol. The van der Waals surface area contributed by atoms with E-state index in [1.807, 2.05) is 72.5 Å². The number of methoxy groups -OCH3 is 2. The van der Waals surface area contributed by atoms with Crippen LogP contribution in [-0.4, -0.2) is 93.6 Å². The van der Waals surface area contributed by atoms with Crippen LogP contribution in [-0.2, 0) is 42.7 Å². The van der Waals surface area contributed by atoms with Gasteiger partial charge in [0, 0.05) is 60.4 Å². The van der Waals surface area contributed by atoms with E-state index in [-0.39, 0.29) is 18.4 Å². The standard InChI is InChI=1S/C55H71N6O8/c1-5-30-66-31-15-12-13-17-33-69-53-50(64-3)36-43(37-51(53)65-4)39-56-38-42-21-23-45(24-22-42)68-32-16-11-9-7-6-8-10-14-27-60-40-44(58(2)57-60)41-61-54(62)47-20-18-19-46-49(59-28-34-67-35-29-59)26-25-48(52(46)47)55(61)63/h1,18-26,36-37,40,56H,6-17,27-35,38-39,41H2,2-4H3/q+1. The van der Waals surface area contributed by atoms with Crippen LogP contribution < -0.4 is 33.8 Å². The first-order valence-electron chi connectivity index (χ1n) is 24.9. The van der Waals surface area contributed by atoms with Gasteiger partial charge in [-0.05, 0) is 92.1 Å². The fourth-order valence-corrected chi connectivity index (χ4v) is 9.10. The average molecular weight is 944 g/mol. The Morgan fingerprint density at radius 2 is 1.36 bits per heavy atom. The van der Waals surface area contributed by atoms with Gasteiger partial charge >= 0.3 is 0 Å². The number of terminal acetylenes is 1. The Labute approximate surface area is 408 Å². The Kier molecular flexibility index (Phi) is 19.5. The number of imide groups is 1. The van der Waals surface area contributed by atoms with Gasteiger partial charge < -0.3 is 38.6 Å². The summed E-state index contributed by atoms with van der Waals surface area (Å²) in [6.45, 7) is 7.58. The van der Waals surface area contributed by atoms with Gasteiger partial charge in [-0.25, -0.2) is 0 Å². The number of hydrogen-bond donors (Lipinski definition) is 1. The second-order valence-corrected chi connectivity index (χ2v) is 17.8. The number of hydrogen-bond acceptors (Lipinski definition) is 11. The quantitative estimate of drug-likeness (QED) is 0.0206. The Bertz CT molecular complexity index is 2430. The number of aromatic nitrogens is 3. The van der Waals surface area contributed by atoms with E-state index >= 15 is 0 Å². The molecule has 0 aliphatic carbocycles. The van der Waals surface area contributed by atoms with Crippen molar-refractivity contribution in [1.29, 1.82) is 0 Å². The molecule has 0 spiro atoms. The van der Waals surface area contributed by atoms with Gasteiger partial charge in [0.25, 0.3) is 11.8 Å². The van der Waals surface area contributed by atoms with Crippen molar-refractivity contribution in [2.24, 2.45) is 7.05 Å². The highest BCUT2D eigenvalue weighted by Gasteiger charge is 2.35. The van der Waals surface area contributed by atoms with Gasteiger partial charge in [-0.2, -0.15) is 0 Å². The second-order valence-electron chi connectivity index (χ2n) is 17.8. The van der Waals surface area contributed by atoms with Crippen LogP contribution >= 0.6 is 0 Å². The number of rotatable bonds is 30. The van der Waals surface area contributed by atoms with Crippen molar-refractivity contribution >= 4 is 28.3 Å². The summed E-state index contributed by atoms with van der Waals surface area (Å²) in [7, 11) is 5.18. The molecule has 2 amide bonds. The second kappa shape index (κ2) is 26.6. The number of carbonyl (C=O) groups excluding carboxylic acids is 2. The summed E-state index contributed by atoms with van der Waals surface area (Å²) in [5.74, 6) is 4.80. The van der Waals surface area contributed by atoms with Crippen LogP contribution in [0.1, 0.15) is 115 Å². The number of aryl methyl sites for hydroxylation is 2. The van der Waals surface area contributed by atoms with E-state index in [4.69, 9.17) is 34.8 Å². The Morgan fingerprint density at radius 3 is 2.04 bits per heavy atom. The molecule has 5 aromatic rings. The van der Waals surface area contributed by atoms with Crippen molar-refractivity contribution in [2.45, 2.75) is 103 Å². The van der Waals surface area contributed by atoms with Gasteiger partial charge in [-0.1, -0.05) is 68.7 Å². The highest BCUT2D eigenvalue weighted by molar-refractivity contribution is 6.26. The molecule has 3 heterocycles. The predicted octanol–water partition coefficient (Wildman–Crippen LogP) is 8.59. The molecule has 14 nitrogen and oxygen atoms in total. The van der Waals surface area contributed by atoms with Crippen LogP contribution in [0.4, 0.5) is 5.69 Å². The maximum Gasteiger partial charge on any atom is 0.261 e. The monoisotopic (exact) mass is 944 g/mol. The number of unbranched alkanes of at least 4 members (excludes halogenated alkanes) is 10. The minimum atomic E-state index is -0.267. The molecule has 1 aromatic heterocycles. The minimum absolute atomic E-state index is 0.168. The maximum atomic E-state index is 13.8. The maximum absolute atomic E-state index is 13.8. The van der Waals surface area contributed by atoms with Crippen LogP contribution in [0.2, 0.25) is 0 Å². The van der Waals surface area contributed by atoms with E-state index in [9.17, 15) is 9.59 Å². The fourth-order valence-electron chi connectivity index (χ4n) is 9.10. The van der Waals surface area contributed by atoms with E-state index < -0.39 is 0 Å². The third kappa shape index (κ3) is 14.0. The Morgan fingerprint density at radius 1 is 0.739 bits per heavy atom. The molecular weight excluding hydrogens is 873 g/mol. The summed E-state index contributed by atoms with van der Waals surface area (Å²) in [6.07, 6.45) is 20.4. The van der Waals surface area contributed by atoms with E-state index in [1.165, 1.54) is 36.1 Å². The molecular formula is C55H71N6O8+. The number of carbonyl (C=O) groups is 2. The van der Waals surface area contributed by atoms with Gasteiger partial charge in [0.15, 0.2) is 23.4 Å². The van der Waals surface area contributed by atoms with Crippen molar-refractivity contribution < 1.29 is 42.7 Å². The van der Waals surface area contributed by atoms with Crippen molar-refractivity contribution in [3.05, 3.63) is 101 Å². The van der Waals surface area contributed by atoms with Crippen molar-refractivity contribution in [3.63, 3.8) is 0 Å². The largest absolute Gasteiger partial charge is 0.494 e. The topological polar surface area (TPSA) is 130 Å². The number of ether oxygens (including phenoxy) is 6. The highest BCUT2D eigenvalue weighted by atomic mass is 16.5. The lowest BCUT2D eigenvalue weighted by atomic mass is 9.92. The molecule has 2 aliphatic rings. The number of nitrogens with zero attached hydrogens (tertiary/aromatic N) is 5. The van der Waals surface area contributed by atoms with Gasteiger partial charge in [0.1, 0.15) is 25.9 Å². The summed E-state index contributed by atoms with van der Waals surface area (Å²) in [4.78, 5) is 31.3. The lowest BCUT2D eigenvalue weighted by Crippen LogP contribution is -2.40. The molecule has 4 aromatic carbocycles. The third-order valence-corrected chi connectivity index (χ3v) is 12.9. The average Bonchev–Trinajstić information content (AvgIpc) is 3.73. The minimum Gasteiger partial charge on any atom is -0.494 e. The number of benzene rings is 4. The molecule has 0 atom stereocenters. The van der Waals surface area contributed by atoms with Gasteiger partial charge in [-0.3, -0.25) is 14.5 Å². The van der Waals surface area contributed by atoms with Crippen molar-refractivity contribution in [1.82, 2.24) is 20.1 Å². The zero-order chi connectivity index (χ0) is 48.2. The number of anilines is 1. The van der Waals surface area contributed by atoms with E-state index in [0.717, 1.165) is 111 Å². The van der Waals surface area contributed by atoms with Crippen LogP contribution in [0.5, 0.6) is 23.0 Å². The van der Waals surface area contributed by atoms with Gasteiger partial charge in [0.2, 0.25) is 5.75 Å². The molecule has 0 radical (unpaired) electrons. The molecule has 1 N–H and O–H groups in total. The number of amides is 2. The summed E-state index contributed by atoms with van der Waals surface area (Å²) >= 11 is 0. The van der Waals surface area contributed by atoms with E-state index in [0.29, 0.717) is 74.6 Å². The summed E-state index contributed by atoms with van der Waals surface area (Å²) < 4.78 is 38.1. The van der Waals surface area contributed by atoms with Crippen LogP contribution in [0.25, 0.3) is 10.8 Å². The fraction of sp³-hybridized carbons (Fsp3) is 0.491. The van der Waals surface area contributed by atoms with Crippen molar-refractivity contribution in [3.8, 4) is 35.3 Å². The molecule has 368 valence electrons. The first kappa shape index (κ1) is 50.7. The highest BCUT2D eigenvalue weighted by Crippen LogP contribution is 2.39. The SMILES string of the molecule is C#CCOCCCCCCOc1c(OC)cc(CNCc2ccc(OCCCCCCCCCC[n+]3cc(CN4C(=O)c5cccc6c(N7CCOCC7)ccc(c56)C4=O)n(C)n3)cc2)cc1OC. The molecule has 2 aliphatic heterocycles. The first-order chi connectivity index (χ1) is 33.9. The van der Waals surface area contributed by atoms with Crippen LogP contribution in [0.15, 0.2) is 72.9 Å². The zero-order valence-electron chi connectivity index (χ0n) is 41.0. The first-order valence-corrected chi connectivity index (χ1v) is 24.9. The normalized spacial score (nSPS) is 13.5. The van der Waals surface area contributed by atoms with Crippen LogP contribution in [0, 0.1) is 12.3 Å². The summed E-state index contributed by atoms with van der Waals surface area (Å²) in [5.41, 5.74) is 5.21. The molecule has 14 heteroatoms.